The molecule has 0 radical (unpaired) electrons. The first kappa shape index (κ1) is 11.7. The molecule has 86 valence electrons. The van der Waals surface area contributed by atoms with E-state index in [2.05, 4.69) is 20.9 Å². The van der Waals surface area contributed by atoms with E-state index in [9.17, 15) is 4.79 Å². The Bertz CT molecular complexity index is 377. The van der Waals surface area contributed by atoms with Crippen molar-refractivity contribution in [1.29, 1.82) is 0 Å². The van der Waals surface area contributed by atoms with E-state index in [0.717, 1.165) is 0 Å². The highest BCUT2D eigenvalue weighted by atomic mass is 79.9. The highest BCUT2D eigenvalue weighted by Crippen LogP contribution is 2.13. The molecular weight excluding hydrogens is 274 g/mol. The fourth-order valence-electron chi connectivity index (χ4n) is 1.51. The van der Waals surface area contributed by atoms with Crippen LogP contribution in [0, 0.1) is 0 Å². The lowest BCUT2D eigenvalue weighted by atomic mass is 10.1. The van der Waals surface area contributed by atoms with E-state index in [0.29, 0.717) is 36.4 Å². The number of hydrogen-bond donors (Lipinski definition) is 0. The standard InChI is InChI=1S/C11H12BrNO3/c12-10-3-1-2-8(13-10)9(14)4-5-11-15-6-7-16-11/h1-3,11H,4-7H2. The number of rotatable bonds is 4. The number of ether oxygens (including phenoxy) is 2. The van der Waals surface area contributed by atoms with Gasteiger partial charge in [-0.3, -0.25) is 4.79 Å². The maximum absolute atomic E-state index is 11.8. The quantitative estimate of drug-likeness (QED) is 0.628. The van der Waals surface area contributed by atoms with Crippen LogP contribution in [0.3, 0.4) is 0 Å². The fourth-order valence-corrected chi connectivity index (χ4v) is 1.86. The Hall–Kier alpha value is -0.780. The van der Waals surface area contributed by atoms with Crippen LogP contribution in [-0.4, -0.2) is 30.3 Å². The van der Waals surface area contributed by atoms with Gasteiger partial charge < -0.3 is 9.47 Å². The molecule has 0 aliphatic carbocycles. The molecule has 1 aliphatic heterocycles. The lowest BCUT2D eigenvalue weighted by Crippen LogP contribution is -2.11. The summed E-state index contributed by atoms with van der Waals surface area (Å²) in [4.78, 5) is 15.9. The summed E-state index contributed by atoms with van der Waals surface area (Å²) in [5, 5.41) is 0. The second-order valence-electron chi connectivity index (χ2n) is 3.48. The molecule has 16 heavy (non-hydrogen) atoms. The molecule has 0 saturated carbocycles. The molecule has 2 heterocycles. The van der Waals surface area contributed by atoms with Crippen LogP contribution in [0.5, 0.6) is 0 Å². The maximum atomic E-state index is 11.8. The zero-order valence-electron chi connectivity index (χ0n) is 8.69. The summed E-state index contributed by atoms with van der Waals surface area (Å²) in [6, 6.07) is 5.30. The van der Waals surface area contributed by atoms with Crippen LogP contribution in [0.1, 0.15) is 23.3 Å². The van der Waals surface area contributed by atoms with Crippen molar-refractivity contribution in [1.82, 2.24) is 4.98 Å². The van der Waals surface area contributed by atoms with Gasteiger partial charge in [-0.25, -0.2) is 4.98 Å². The van der Waals surface area contributed by atoms with Gasteiger partial charge in [0.25, 0.3) is 0 Å². The Morgan fingerprint density at radius 3 is 2.88 bits per heavy atom. The van der Waals surface area contributed by atoms with E-state index in [4.69, 9.17) is 9.47 Å². The van der Waals surface area contributed by atoms with Gasteiger partial charge in [0.05, 0.1) is 13.2 Å². The van der Waals surface area contributed by atoms with Crippen LogP contribution in [0.2, 0.25) is 0 Å². The van der Waals surface area contributed by atoms with Gasteiger partial charge in [0.2, 0.25) is 0 Å². The average molecular weight is 286 g/mol. The summed E-state index contributed by atoms with van der Waals surface area (Å²) in [6.07, 6.45) is 0.761. The van der Waals surface area contributed by atoms with Crippen molar-refractivity contribution in [2.24, 2.45) is 0 Å². The normalized spacial score (nSPS) is 16.6. The Kier molecular flexibility index (Phi) is 4.04. The third kappa shape index (κ3) is 3.10. The van der Waals surface area contributed by atoms with E-state index >= 15 is 0 Å². The first-order valence-electron chi connectivity index (χ1n) is 5.14. The van der Waals surface area contributed by atoms with Crippen molar-refractivity contribution in [3.63, 3.8) is 0 Å². The van der Waals surface area contributed by atoms with Crippen LogP contribution in [-0.2, 0) is 9.47 Å². The molecule has 1 aromatic heterocycles. The van der Waals surface area contributed by atoms with Crippen molar-refractivity contribution in [2.75, 3.05) is 13.2 Å². The minimum absolute atomic E-state index is 0.0143. The Labute approximate surface area is 102 Å². The second-order valence-corrected chi connectivity index (χ2v) is 4.29. The largest absolute Gasteiger partial charge is 0.350 e. The van der Waals surface area contributed by atoms with E-state index < -0.39 is 0 Å². The highest BCUT2D eigenvalue weighted by Gasteiger charge is 2.18. The van der Waals surface area contributed by atoms with Gasteiger partial charge in [-0.2, -0.15) is 0 Å². The number of carbonyl (C=O) groups is 1. The number of nitrogens with zero attached hydrogens (tertiary/aromatic N) is 1. The lowest BCUT2D eigenvalue weighted by molar-refractivity contribution is -0.0464. The zero-order chi connectivity index (χ0) is 11.4. The summed E-state index contributed by atoms with van der Waals surface area (Å²) >= 11 is 3.24. The predicted octanol–water partition coefficient (Wildman–Crippen LogP) is 2.18. The van der Waals surface area contributed by atoms with E-state index in [1.54, 1.807) is 18.2 Å². The van der Waals surface area contributed by atoms with E-state index in [1.807, 2.05) is 0 Å². The smallest absolute Gasteiger partial charge is 0.181 e. The van der Waals surface area contributed by atoms with Gasteiger partial charge in [0.15, 0.2) is 12.1 Å². The van der Waals surface area contributed by atoms with Crippen LogP contribution in [0.25, 0.3) is 0 Å². The molecule has 0 atom stereocenters. The summed E-state index contributed by atoms with van der Waals surface area (Å²) in [7, 11) is 0. The van der Waals surface area contributed by atoms with E-state index in [1.165, 1.54) is 0 Å². The number of ketones is 1. The summed E-state index contributed by atoms with van der Waals surface area (Å²) in [5.41, 5.74) is 0.479. The highest BCUT2D eigenvalue weighted by molar-refractivity contribution is 9.10. The van der Waals surface area contributed by atoms with E-state index in [-0.39, 0.29) is 12.1 Å². The SMILES string of the molecule is O=C(CCC1OCCO1)c1cccc(Br)n1. The molecule has 1 aliphatic rings. The summed E-state index contributed by atoms with van der Waals surface area (Å²) < 4.78 is 11.2. The molecule has 2 rings (SSSR count). The molecule has 0 spiro atoms. The third-order valence-corrected chi connectivity index (χ3v) is 2.74. The van der Waals surface area contributed by atoms with Gasteiger partial charge in [-0.1, -0.05) is 6.07 Å². The van der Waals surface area contributed by atoms with Crippen LogP contribution in [0.4, 0.5) is 0 Å². The van der Waals surface area contributed by atoms with Crippen LogP contribution < -0.4 is 0 Å². The fraction of sp³-hybridized carbons (Fsp3) is 0.455. The summed E-state index contributed by atoms with van der Waals surface area (Å²) in [5.74, 6) is 0.0143. The lowest BCUT2D eigenvalue weighted by Gasteiger charge is -2.07. The number of aromatic nitrogens is 1. The first-order chi connectivity index (χ1) is 7.75. The topological polar surface area (TPSA) is 48.4 Å². The maximum Gasteiger partial charge on any atom is 0.181 e. The molecular formula is C11H12BrNO3. The molecule has 5 heteroatoms. The number of hydrogen-bond acceptors (Lipinski definition) is 4. The molecule has 1 aromatic rings. The average Bonchev–Trinajstić information content (AvgIpc) is 2.78. The van der Waals surface area contributed by atoms with Gasteiger partial charge >= 0.3 is 0 Å². The van der Waals surface area contributed by atoms with Crippen molar-refractivity contribution >= 4 is 21.7 Å². The third-order valence-electron chi connectivity index (χ3n) is 2.30. The molecule has 0 N–H and O–H groups in total. The Morgan fingerprint density at radius 1 is 1.44 bits per heavy atom. The van der Waals surface area contributed by atoms with Crippen LogP contribution >= 0.6 is 15.9 Å². The minimum atomic E-state index is -0.226. The molecule has 0 aromatic carbocycles. The van der Waals surface area contributed by atoms with Gasteiger partial charge in [0.1, 0.15) is 10.3 Å². The number of carbonyl (C=O) groups excluding carboxylic acids is 1. The van der Waals surface area contributed by atoms with Crippen molar-refractivity contribution < 1.29 is 14.3 Å². The summed E-state index contributed by atoms with van der Waals surface area (Å²) in [6.45, 7) is 1.24. The van der Waals surface area contributed by atoms with Crippen molar-refractivity contribution in [3.05, 3.63) is 28.5 Å². The minimum Gasteiger partial charge on any atom is -0.350 e. The van der Waals surface area contributed by atoms with Crippen molar-refractivity contribution in [3.8, 4) is 0 Å². The first-order valence-corrected chi connectivity index (χ1v) is 5.94. The second kappa shape index (κ2) is 5.52. The van der Waals surface area contributed by atoms with Crippen LogP contribution in [0.15, 0.2) is 22.8 Å². The molecule has 0 bridgehead atoms. The Balaban J connectivity index is 1.87. The predicted molar refractivity (Wildman–Crippen MR) is 61.2 cm³/mol. The zero-order valence-corrected chi connectivity index (χ0v) is 10.3. The van der Waals surface area contributed by atoms with Gasteiger partial charge in [0, 0.05) is 12.8 Å². The molecule has 1 saturated heterocycles. The number of halogens is 1. The van der Waals surface area contributed by atoms with Crippen molar-refractivity contribution in [2.45, 2.75) is 19.1 Å². The van der Waals surface area contributed by atoms with Gasteiger partial charge in [-0.15, -0.1) is 0 Å². The number of Topliss-reactive ketones (excluding diaryl/α,β-unsaturated/α-hetero) is 1. The number of pyridine rings is 1. The van der Waals surface area contributed by atoms with Gasteiger partial charge in [-0.05, 0) is 28.1 Å². The molecule has 4 nitrogen and oxygen atoms in total. The monoisotopic (exact) mass is 285 g/mol. The Morgan fingerprint density at radius 2 is 2.19 bits per heavy atom. The molecule has 0 unspecified atom stereocenters. The molecule has 0 amide bonds. The molecule has 1 fully saturated rings.